The first kappa shape index (κ1) is 12.2. The summed E-state index contributed by atoms with van der Waals surface area (Å²) in [5.41, 5.74) is 1.59. The minimum absolute atomic E-state index is 0.124. The second-order valence-corrected chi connectivity index (χ2v) is 4.52. The van der Waals surface area contributed by atoms with Gasteiger partial charge < -0.3 is 0 Å². The van der Waals surface area contributed by atoms with Crippen LogP contribution in [-0.2, 0) is 5.33 Å². The second-order valence-electron chi connectivity index (χ2n) is 2.76. The maximum atomic E-state index is 11.7. The summed E-state index contributed by atoms with van der Waals surface area (Å²) in [7, 11) is 0. The van der Waals surface area contributed by atoms with Crippen molar-refractivity contribution in [1.29, 1.82) is 0 Å². The molecular weight excluding hydrogens is 331 g/mol. The van der Waals surface area contributed by atoms with E-state index in [1.165, 1.54) is 0 Å². The molecule has 0 aliphatic rings. The molecule has 4 heteroatoms. The molecule has 14 heavy (non-hydrogen) atoms. The van der Waals surface area contributed by atoms with E-state index < -0.39 is 0 Å². The van der Waals surface area contributed by atoms with Gasteiger partial charge in [0.2, 0.25) is 0 Å². The van der Waals surface area contributed by atoms with Gasteiger partial charge in [0, 0.05) is 27.7 Å². The fraction of sp³-hybridized carbons (Fsp3) is 0.300. The third kappa shape index (κ3) is 2.81. The number of carbonyl (C=O) groups excluding carboxylic acids is 1. The molecule has 0 spiro atoms. The molecule has 0 saturated carbocycles. The molecule has 0 amide bonds. The molecule has 0 saturated heterocycles. The van der Waals surface area contributed by atoms with Gasteiger partial charge in [-0.15, -0.1) is 0 Å². The van der Waals surface area contributed by atoms with E-state index in [2.05, 4.69) is 31.9 Å². The first-order valence-corrected chi connectivity index (χ1v) is 6.75. The van der Waals surface area contributed by atoms with Crippen molar-refractivity contribution in [2.45, 2.75) is 11.8 Å². The Morgan fingerprint density at radius 2 is 2.07 bits per heavy atom. The zero-order valence-corrected chi connectivity index (χ0v) is 11.3. The van der Waals surface area contributed by atoms with Gasteiger partial charge in [0.25, 0.3) is 0 Å². The fourth-order valence-electron chi connectivity index (χ4n) is 1.18. The van der Waals surface area contributed by atoms with Crippen LogP contribution >= 0.6 is 43.5 Å². The SMILES string of the molecule is O=C(CCBr)c1cccc(Cl)c1CBr. The summed E-state index contributed by atoms with van der Waals surface area (Å²) in [6, 6.07) is 5.41. The Bertz CT molecular complexity index is 339. The molecule has 0 radical (unpaired) electrons. The van der Waals surface area contributed by atoms with Crippen molar-refractivity contribution in [1.82, 2.24) is 0 Å². The molecule has 1 nitrogen and oxygen atoms in total. The number of alkyl halides is 2. The molecular formula is C10H9Br2ClO. The van der Waals surface area contributed by atoms with Crippen molar-refractivity contribution in [2.24, 2.45) is 0 Å². The highest BCUT2D eigenvalue weighted by Crippen LogP contribution is 2.23. The lowest BCUT2D eigenvalue weighted by Crippen LogP contribution is -2.03. The Hall–Kier alpha value is 0.140. The standard InChI is InChI=1S/C10H9Br2ClO/c11-5-4-10(14)7-2-1-3-9(13)8(7)6-12/h1-3H,4-6H2. The van der Waals surface area contributed by atoms with Gasteiger partial charge in [-0.2, -0.15) is 0 Å². The Morgan fingerprint density at radius 1 is 1.36 bits per heavy atom. The molecule has 76 valence electrons. The van der Waals surface area contributed by atoms with E-state index in [1.54, 1.807) is 12.1 Å². The van der Waals surface area contributed by atoms with Crippen molar-refractivity contribution < 1.29 is 4.79 Å². The molecule has 1 aromatic carbocycles. The van der Waals surface area contributed by atoms with Gasteiger partial charge >= 0.3 is 0 Å². The zero-order valence-electron chi connectivity index (χ0n) is 7.40. The van der Waals surface area contributed by atoms with Crippen LogP contribution in [-0.4, -0.2) is 11.1 Å². The number of carbonyl (C=O) groups is 1. The molecule has 0 bridgehead atoms. The lowest BCUT2D eigenvalue weighted by molar-refractivity contribution is 0.0989. The largest absolute Gasteiger partial charge is 0.294 e. The lowest BCUT2D eigenvalue weighted by Gasteiger charge is -2.06. The van der Waals surface area contributed by atoms with Crippen LogP contribution in [0, 0.1) is 0 Å². The van der Waals surface area contributed by atoms with Crippen molar-refractivity contribution in [3.63, 3.8) is 0 Å². The topological polar surface area (TPSA) is 17.1 Å². The zero-order chi connectivity index (χ0) is 10.6. The van der Waals surface area contributed by atoms with Crippen LogP contribution in [0.4, 0.5) is 0 Å². The molecule has 0 atom stereocenters. The van der Waals surface area contributed by atoms with Crippen LogP contribution in [0.3, 0.4) is 0 Å². The lowest BCUT2D eigenvalue weighted by atomic mass is 10.0. The number of Topliss-reactive ketones (excluding diaryl/α,β-unsaturated/α-hetero) is 1. The predicted molar refractivity (Wildman–Crippen MR) is 66.8 cm³/mol. The minimum atomic E-state index is 0.124. The first-order chi connectivity index (χ1) is 6.70. The van der Waals surface area contributed by atoms with Crippen LogP contribution in [0.5, 0.6) is 0 Å². The molecule has 1 aromatic rings. The van der Waals surface area contributed by atoms with Gasteiger partial charge in [-0.25, -0.2) is 0 Å². The molecule has 0 heterocycles. The molecule has 0 aliphatic carbocycles. The van der Waals surface area contributed by atoms with Crippen LogP contribution < -0.4 is 0 Å². The Morgan fingerprint density at radius 3 is 2.64 bits per heavy atom. The third-order valence-electron chi connectivity index (χ3n) is 1.87. The quantitative estimate of drug-likeness (QED) is 0.593. The second kappa shape index (κ2) is 5.89. The molecule has 0 unspecified atom stereocenters. The molecule has 0 N–H and O–H groups in total. The average Bonchev–Trinajstić information content (AvgIpc) is 2.17. The molecule has 0 aliphatic heterocycles. The number of ketones is 1. The summed E-state index contributed by atoms with van der Waals surface area (Å²) < 4.78 is 0. The summed E-state index contributed by atoms with van der Waals surface area (Å²) in [5, 5.41) is 1.93. The molecule has 0 fully saturated rings. The van der Waals surface area contributed by atoms with Crippen molar-refractivity contribution in [3.8, 4) is 0 Å². The van der Waals surface area contributed by atoms with E-state index in [4.69, 9.17) is 11.6 Å². The summed E-state index contributed by atoms with van der Waals surface area (Å²) in [5.74, 6) is 0.124. The van der Waals surface area contributed by atoms with E-state index in [9.17, 15) is 4.79 Å². The number of halogens is 3. The number of hydrogen-bond donors (Lipinski definition) is 0. The number of benzene rings is 1. The highest BCUT2D eigenvalue weighted by atomic mass is 79.9. The van der Waals surface area contributed by atoms with E-state index in [0.29, 0.717) is 27.7 Å². The normalized spacial score (nSPS) is 10.2. The van der Waals surface area contributed by atoms with Gasteiger partial charge in [0.1, 0.15) is 0 Å². The molecule has 0 aromatic heterocycles. The van der Waals surface area contributed by atoms with E-state index in [1.807, 2.05) is 6.07 Å². The summed E-state index contributed by atoms with van der Waals surface area (Å²) in [4.78, 5) is 11.7. The van der Waals surface area contributed by atoms with Crippen LogP contribution in [0.1, 0.15) is 22.3 Å². The monoisotopic (exact) mass is 338 g/mol. The van der Waals surface area contributed by atoms with E-state index in [0.717, 1.165) is 5.56 Å². The van der Waals surface area contributed by atoms with Gasteiger partial charge in [-0.3, -0.25) is 4.79 Å². The fourth-order valence-corrected chi connectivity index (χ4v) is 2.54. The minimum Gasteiger partial charge on any atom is -0.294 e. The third-order valence-corrected chi connectivity index (χ3v) is 3.19. The Kier molecular flexibility index (Phi) is 5.13. The molecule has 1 rings (SSSR count). The average molecular weight is 340 g/mol. The smallest absolute Gasteiger partial charge is 0.164 e. The van der Waals surface area contributed by atoms with Gasteiger partial charge in [0.05, 0.1) is 0 Å². The van der Waals surface area contributed by atoms with Gasteiger partial charge in [0.15, 0.2) is 5.78 Å². The van der Waals surface area contributed by atoms with E-state index in [-0.39, 0.29) is 5.78 Å². The van der Waals surface area contributed by atoms with Crippen molar-refractivity contribution in [2.75, 3.05) is 5.33 Å². The maximum Gasteiger partial charge on any atom is 0.164 e. The van der Waals surface area contributed by atoms with Crippen LogP contribution in [0.25, 0.3) is 0 Å². The first-order valence-electron chi connectivity index (χ1n) is 4.13. The van der Waals surface area contributed by atoms with Crippen molar-refractivity contribution in [3.05, 3.63) is 34.3 Å². The highest BCUT2D eigenvalue weighted by Gasteiger charge is 2.12. The van der Waals surface area contributed by atoms with E-state index >= 15 is 0 Å². The number of rotatable bonds is 4. The highest BCUT2D eigenvalue weighted by molar-refractivity contribution is 9.09. The number of hydrogen-bond acceptors (Lipinski definition) is 1. The Balaban J connectivity index is 3.07. The van der Waals surface area contributed by atoms with Gasteiger partial charge in [-0.05, 0) is 11.6 Å². The summed E-state index contributed by atoms with van der Waals surface area (Å²) >= 11 is 12.6. The van der Waals surface area contributed by atoms with Gasteiger partial charge in [-0.1, -0.05) is 55.6 Å². The summed E-state index contributed by atoms with van der Waals surface area (Å²) in [6.45, 7) is 0. The van der Waals surface area contributed by atoms with Crippen molar-refractivity contribution >= 4 is 49.2 Å². The van der Waals surface area contributed by atoms with Crippen LogP contribution in [0.2, 0.25) is 5.02 Å². The maximum absolute atomic E-state index is 11.7. The summed E-state index contributed by atoms with van der Waals surface area (Å²) in [6.07, 6.45) is 0.500. The Labute approximate surface area is 105 Å². The van der Waals surface area contributed by atoms with Crippen LogP contribution in [0.15, 0.2) is 18.2 Å². The predicted octanol–water partition coefficient (Wildman–Crippen LogP) is 4.20.